The maximum absolute atomic E-state index is 5.75. The summed E-state index contributed by atoms with van der Waals surface area (Å²) in [6.07, 6.45) is 1.15. The maximum Gasteiger partial charge on any atom is 0.197 e. The van der Waals surface area contributed by atoms with Gasteiger partial charge in [-0.25, -0.2) is 0 Å². The second kappa shape index (κ2) is 4.88. The number of likely N-dealkylation sites (tertiary alicyclic amines) is 1. The predicted molar refractivity (Wildman–Crippen MR) is 67.2 cm³/mol. The fraction of sp³-hybridized carbons (Fsp3) is 0.700. The third-order valence-electron chi connectivity index (χ3n) is 2.69. The van der Waals surface area contributed by atoms with Crippen molar-refractivity contribution in [3.63, 3.8) is 0 Å². The second-order valence-corrected chi connectivity index (χ2v) is 4.82. The van der Waals surface area contributed by atoms with Crippen LogP contribution < -0.4 is 15.8 Å². The third kappa shape index (κ3) is 2.38. The van der Waals surface area contributed by atoms with E-state index < -0.39 is 0 Å². The van der Waals surface area contributed by atoms with E-state index in [1.807, 2.05) is 6.92 Å². The summed E-state index contributed by atoms with van der Waals surface area (Å²) >= 11 is 1.37. The molecule has 1 aliphatic rings. The summed E-state index contributed by atoms with van der Waals surface area (Å²) in [5.41, 5.74) is 5.75. The Hall–Kier alpha value is -1.01. The SMILES string of the molecule is CCOc1c(N)nsc1NC1CCN(C)C1. The molecule has 1 saturated heterocycles. The lowest BCUT2D eigenvalue weighted by atomic mass is 10.3. The number of anilines is 2. The number of ether oxygens (including phenoxy) is 1. The Kier molecular flexibility index (Phi) is 3.50. The maximum atomic E-state index is 5.75. The monoisotopic (exact) mass is 242 g/mol. The molecule has 6 heteroatoms. The molecule has 0 amide bonds. The fourth-order valence-corrected chi connectivity index (χ4v) is 2.65. The molecule has 1 aliphatic heterocycles. The highest BCUT2D eigenvalue weighted by atomic mass is 32.1. The average molecular weight is 242 g/mol. The number of hydrogen-bond donors (Lipinski definition) is 2. The van der Waals surface area contributed by atoms with Crippen LogP contribution in [0.3, 0.4) is 0 Å². The Morgan fingerprint density at radius 2 is 2.50 bits per heavy atom. The number of nitrogens with zero attached hydrogens (tertiary/aromatic N) is 2. The predicted octanol–water partition coefficient (Wildman–Crippen LogP) is 1.24. The molecule has 5 nitrogen and oxygen atoms in total. The minimum absolute atomic E-state index is 0.476. The molecule has 0 aliphatic carbocycles. The number of hydrogen-bond acceptors (Lipinski definition) is 6. The van der Waals surface area contributed by atoms with Gasteiger partial charge in [-0.1, -0.05) is 0 Å². The Labute approximate surface area is 99.7 Å². The van der Waals surface area contributed by atoms with Gasteiger partial charge in [-0.2, -0.15) is 4.37 Å². The molecule has 1 fully saturated rings. The summed E-state index contributed by atoms with van der Waals surface area (Å²) in [4.78, 5) is 2.31. The summed E-state index contributed by atoms with van der Waals surface area (Å²) in [5, 5.41) is 4.41. The van der Waals surface area contributed by atoms with Crippen LogP contribution in [0.25, 0.3) is 0 Å². The number of nitrogens with one attached hydrogen (secondary N) is 1. The van der Waals surface area contributed by atoms with E-state index in [1.165, 1.54) is 11.5 Å². The van der Waals surface area contributed by atoms with Gasteiger partial charge in [-0.15, -0.1) is 0 Å². The molecule has 1 aromatic heterocycles. The van der Waals surface area contributed by atoms with Crippen LogP contribution in [0.2, 0.25) is 0 Å². The summed E-state index contributed by atoms with van der Waals surface area (Å²) in [7, 11) is 2.13. The van der Waals surface area contributed by atoms with Crippen LogP contribution in [0, 0.1) is 0 Å². The van der Waals surface area contributed by atoms with Crippen LogP contribution in [-0.2, 0) is 0 Å². The zero-order chi connectivity index (χ0) is 11.5. The van der Waals surface area contributed by atoms with Gasteiger partial charge < -0.3 is 20.7 Å². The van der Waals surface area contributed by atoms with E-state index in [0.29, 0.717) is 24.2 Å². The Balaban J connectivity index is 2.03. The zero-order valence-electron chi connectivity index (χ0n) is 9.69. The molecule has 2 heterocycles. The van der Waals surface area contributed by atoms with Crippen molar-refractivity contribution in [2.24, 2.45) is 0 Å². The Morgan fingerprint density at radius 1 is 1.69 bits per heavy atom. The van der Waals surface area contributed by atoms with Gasteiger partial charge in [0.15, 0.2) is 16.6 Å². The van der Waals surface area contributed by atoms with E-state index >= 15 is 0 Å². The molecule has 0 aromatic carbocycles. The Morgan fingerprint density at radius 3 is 3.12 bits per heavy atom. The van der Waals surface area contributed by atoms with Crippen molar-refractivity contribution in [2.45, 2.75) is 19.4 Å². The highest BCUT2D eigenvalue weighted by Gasteiger charge is 2.22. The van der Waals surface area contributed by atoms with E-state index in [4.69, 9.17) is 10.5 Å². The molecule has 2 rings (SSSR count). The standard InChI is InChI=1S/C10H18N4OS/c1-3-15-8-9(11)13-16-10(8)12-7-4-5-14(2)6-7/h7,12H,3-6H2,1-2H3,(H2,11,13). The van der Waals surface area contributed by atoms with Crippen molar-refractivity contribution in [2.75, 3.05) is 37.8 Å². The van der Waals surface area contributed by atoms with Crippen molar-refractivity contribution in [1.29, 1.82) is 0 Å². The summed E-state index contributed by atoms with van der Waals surface area (Å²) in [6, 6.07) is 0.476. The second-order valence-electron chi connectivity index (χ2n) is 4.05. The molecular formula is C10H18N4OS. The molecule has 1 aromatic rings. The van der Waals surface area contributed by atoms with Crippen LogP contribution in [0.4, 0.5) is 10.8 Å². The van der Waals surface area contributed by atoms with E-state index in [9.17, 15) is 0 Å². The van der Waals surface area contributed by atoms with Crippen LogP contribution >= 0.6 is 11.5 Å². The summed E-state index contributed by atoms with van der Waals surface area (Å²) in [5.74, 6) is 1.20. The van der Waals surface area contributed by atoms with E-state index in [2.05, 4.69) is 21.6 Å². The first-order valence-electron chi connectivity index (χ1n) is 5.53. The largest absolute Gasteiger partial charge is 0.487 e. The average Bonchev–Trinajstić information content (AvgIpc) is 2.79. The van der Waals surface area contributed by atoms with Gasteiger partial charge in [0.25, 0.3) is 0 Å². The van der Waals surface area contributed by atoms with Crippen LogP contribution in [0.15, 0.2) is 0 Å². The molecule has 1 atom stereocenters. The Bertz CT molecular complexity index is 355. The van der Waals surface area contributed by atoms with Crippen LogP contribution in [-0.4, -0.2) is 42.1 Å². The van der Waals surface area contributed by atoms with Gasteiger partial charge in [0.05, 0.1) is 6.61 Å². The quantitative estimate of drug-likeness (QED) is 0.831. The van der Waals surface area contributed by atoms with Crippen molar-refractivity contribution in [1.82, 2.24) is 9.27 Å². The van der Waals surface area contributed by atoms with Gasteiger partial charge in [0.1, 0.15) is 0 Å². The third-order valence-corrected chi connectivity index (χ3v) is 3.46. The normalized spacial score (nSPS) is 21.2. The van der Waals surface area contributed by atoms with E-state index in [-0.39, 0.29) is 0 Å². The molecule has 3 N–H and O–H groups in total. The molecule has 0 radical (unpaired) electrons. The first-order chi connectivity index (χ1) is 7.70. The van der Waals surface area contributed by atoms with E-state index in [0.717, 1.165) is 24.5 Å². The molecule has 0 spiro atoms. The van der Waals surface area contributed by atoms with Crippen molar-refractivity contribution in [3.8, 4) is 5.75 Å². The lowest BCUT2D eigenvalue weighted by molar-refractivity contribution is 0.344. The minimum Gasteiger partial charge on any atom is -0.487 e. The smallest absolute Gasteiger partial charge is 0.197 e. The molecule has 90 valence electrons. The van der Waals surface area contributed by atoms with Crippen molar-refractivity contribution < 1.29 is 4.74 Å². The van der Waals surface area contributed by atoms with Crippen LogP contribution in [0.5, 0.6) is 5.75 Å². The van der Waals surface area contributed by atoms with Gasteiger partial charge in [-0.05, 0) is 38.5 Å². The molecular weight excluding hydrogens is 224 g/mol. The molecule has 0 bridgehead atoms. The zero-order valence-corrected chi connectivity index (χ0v) is 10.5. The lowest BCUT2D eigenvalue weighted by Crippen LogP contribution is -2.23. The number of nitrogens with two attached hydrogens (primary N) is 1. The van der Waals surface area contributed by atoms with Crippen molar-refractivity contribution in [3.05, 3.63) is 0 Å². The number of likely N-dealkylation sites (N-methyl/N-ethyl adjacent to an activating group) is 1. The molecule has 1 unspecified atom stereocenters. The van der Waals surface area contributed by atoms with Crippen LogP contribution in [0.1, 0.15) is 13.3 Å². The number of aromatic nitrogens is 1. The van der Waals surface area contributed by atoms with Gasteiger partial charge in [0, 0.05) is 12.6 Å². The topological polar surface area (TPSA) is 63.4 Å². The minimum atomic E-state index is 0.476. The highest BCUT2D eigenvalue weighted by Crippen LogP contribution is 2.36. The summed E-state index contributed by atoms with van der Waals surface area (Å²) in [6.45, 7) is 4.76. The highest BCUT2D eigenvalue weighted by molar-refractivity contribution is 7.11. The van der Waals surface area contributed by atoms with Gasteiger partial charge in [-0.3, -0.25) is 0 Å². The molecule has 16 heavy (non-hydrogen) atoms. The lowest BCUT2D eigenvalue weighted by Gasteiger charge is -2.13. The van der Waals surface area contributed by atoms with Crippen molar-refractivity contribution >= 4 is 22.4 Å². The first-order valence-corrected chi connectivity index (χ1v) is 6.31. The van der Waals surface area contributed by atoms with E-state index in [1.54, 1.807) is 0 Å². The number of nitrogen functional groups attached to an aromatic ring is 1. The first kappa shape index (κ1) is 11.5. The van der Waals surface area contributed by atoms with Gasteiger partial charge >= 0.3 is 0 Å². The fourth-order valence-electron chi connectivity index (χ4n) is 1.91. The number of rotatable bonds is 4. The summed E-state index contributed by atoms with van der Waals surface area (Å²) < 4.78 is 9.61. The van der Waals surface area contributed by atoms with Gasteiger partial charge in [0.2, 0.25) is 0 Å². The molecule has 0 saturated carbocycles.